The average Bonchev–Trinajstić information content (AvgIpc) is 2.73. The third kappa shape index (κ3) is 6.51. The van der Waals surface area contributed by atoms with Gasteiger partial charge in [-0.3, -0.25) is 9.59 Å². The van der Waals surface area contributed by atoms with Gasteiger partial charge in [-0.15, -0.1) is 11.8 Å². The number of thioether (sulfide) groups is 1. The fourth-order valence-corrected chi connectivity index (χ4v) is 3.99. The van der Waals surface area contributed by atoms with Gasteiger partial charge in [0.25, 0.3) is 0 Å². The molecule has 3 rings (SSSR count). The number of amides is 2. The van der Waals surface area contributed by atoms with Gasteiger partial charge < -0.3 is 19.9 Å². The van der Waals surface area contributed by atoms with Gasteiger partial charge in [-0.05, 0) is 43.4 Å². The minimum absolute atomic E-state index is 0.00942. The van der Waals surface area contributed by atoms with E-state index in [4.69, 9.17) is 4.74 Å². The van der Waals surface area contributed by atoms with Crippen molar-refractivity contribution < 1.29 is 14.3 Å². The van der Waals surface area contributed by atoms with Crippen molar-refractivity contribution in [3.05, 3.63) is 54.6 Å². The molecule has 1 unspecified atom stereocenters. The van der Waals surface area contributed by atoms with Gasteiger partial charge in [0.2, 0.25) is 11.8 Å². The van der Waals surface area contributed by atoms with E-state index in [1.54, 1.807) is 11.8 Å². The summed E-state index contributed by atoms with van der Waals surface area (Å²) in [4.78, 5) is 29.6. The molecule has 2 amide bonds. The minimum atomic E-state index is -0.527. The molecule has 29 heavy (non-hydrogen) atoms. The zero-order chi connectivity index (χ0) is 20.6. The molecule has 0 aromatic heterocycles. The Morgan fingerprint density at radius 2 is 1.62 bits per heavy atom. The Labute approximate surface area is 176 Å². The summed E-state index contributed by atoms with van der Waals surface area (Å²) >= 11 is 1.55. The fraction of sp³-hybridized carbons (Fsp3) is 0.364. The number of carbonyl (C=O) groups excluding carboxylic acids is 2. The molecule has 0 saturated carbocycles. The van der Waals surface area contributed by atoms with Crippen molar-refractivity contribution in [3.63, 3.8) is 0 Å². The zero-order valence-electron chi connectivity index (χ0n) is 16.8. The normalized spacial score (nSPS) is 15.6. The predicted octanol–water partition coefficient (Wildman–Crippen LogP) is 2.85. The molecular formula is C22H27N3O3S. The Bertz CT molecular complexity index is 806. The van der Waals surface area contributed by atoms with Crippen molar-refractivity contribution >= 4 is 23.6 Å². The topological polar surface area (TPSA) is 61.9 Å². The van der Waals surface area contributed by atoms with Crippen LogP contribution in [-0.2, 0) is 9.59 Å². The van der Waals surface area contributed by atoms with Crippen molar-refractivity contribution in [1.82, 2.24) is 15.1 Å². The van der Waals surface area contributed by atoms with Gasteiger partial charge in [0.1, 0.15) is 17.5 Å². The molecule has 1 saturated heterocycles. The van der Waals surface area contributed by atoms with Crippen molar-refractivity contribution in [2.24, 2.45) is 0 Å². The van der Waals surface area contributed by atoms with Gasteiger partial charge >= 0.3 is 0 Å². The van der Waals surface area contributed by atoms with Crippen LogP contribution in [0.5, 0.6) is 11.5 Å². The number of rotatable bonds is 7. The molecule has 154 valence electrons. The number of ether oxygens (including phenoxy) is 1. The standard InChI is InChI=1S/C22H27N3O3S/c1-17(26)23-21(22(27)25-14-12-24(2)13-15-25)16-29-20-10-8-19(9-11-20)28-18-6-4-3-5-7-18/h3-11,21H,12-16H2,1-2H3,(H,23,26). The molecule has 2 aromatic rings. The molecule has 1 aliphatic rings. The Kier molecular flexibility index (Phi) is 7.55. The van der Waals surface area contributed by atoms with Crippen LogP contribution in [0.2, 0.25) is 0 Å². The molecule has 7 heteroatoms. The second-order valence-electron chi connectivity index (χ2n) is 7.08. The highest BCUT2D eigenvalue weighted by Crippen LogP contribution is 2.25. The van der Waals surface area contributed by atoms with Crippen LogP contribution in [0.15, 0.2) is 59.5 Å². The molecule has 0 bridgehead atoms. The predicted molar refractivity (Wildman–Crippen MR) is 115 cm³/mol. The first-order chi connectivity index (χ1) is 14.0. The Morgan fingerprint density at radius 1 is 1.00 bits per heavy atom. The van der Waals surface area contributed by atoms with E-state index in [9.17, 15) is 9.59 Å². The highest BCUT2D eigenvalue weighted by Gasteiger charge is 2.27. The van der Waals surface area contributed by atoms with Gasteiger partial charge in [0.05, 0.1) is 0 Å². The highest BCUT2D eigenvalue weighted by atomic mass is 32.2. The first-order valence-electron chi connectivity index (χ1n) is 9.71. The minimum Gasteiger partial charge on any atom is -0.457 e. The van der Waals surface area contributed by atoms with E-state index in [-0.39, 0.29) is 11.8 Å². The lowest BCUT2D eigenvalue weighted by Gasteiger charge is -2.34. The molecule has 0 spiro atoms. The van der Waals surface area contributed by atoms with Crippen LogP contribution in [0.1, 0.15) is 6.92 Å². The van der Waals surface area contributed by atoms with Crippen LogP contribution >= 0.6 is 11.8 Å². The highest BCUT2D eigenvalue weighted by molar-refractivity contribution is 7.99. The van der Waals surface area contributed by atoms with Crippen LogP contribution in [0.3, 0.4) is 0 Å². The lowest BCUT2D eigenvalue weighted by Crippen LogP contribution is -2.54. The summed E-state index contributed by atoms with van der Waals surface area (Å²) in [5, 5.41) is 2.81. The van der Waals surface area contributed by atoms with Crippen LogP contribution in [0.4, 0.5) is 0 Å². The maximum Gasteiger partial charge on any atom is 0.246 e. The van der Waals surface area contributed by atoms with Crippen LogP contribution < -0.4 is 10.1 Å². The molecule has 1 heterocycles. The molecule has 1 fully saturated rings. The van der Waals surface area contributed by atoms with Crippen LogP contribution in [0, 0.1) is 0 Å². The monoisotopic (exact) mass is 413 g/mol. The quantitative estimate of drug-likeness (QED) is 0.708. The van der Waals surface area contributed by atoms with Gasteiger partial charge in [-0.1, -0.05) is 18.2 Å². The number of likely N-dealkylation sites (N-methyl/N-ethyl adjacent to an activating group) is 1. The summed E-state index contributed by atoms with van der Waals surface area (Å²) in [6.45, 7) is 4.55. The van der Waals surface area contributed by atoms with E-state index in [0.717, 1.165) is 29.5 Å². The third-order valence-corrected chi connectivity index (χ3v) is 5.82. The summed E-state index contributed by atoms with van der Waals surface area (Å²) in [7, 11) is 2.05. The summed E-state index contributed by atoms with van der Waals surface area (Å²) in [5.74, 6) is 1.84. The summed E-state index contributed by atoms with van der Waals surface area (Å²) < 4.78 is 5.81. The number of piperazine rings is 1. The van der Waals surface area contributed by atoms with Gasteiger partial charge in [-0.2, -0.15) is 0 Å². The third-order valence-electron chi connectivity index (χ3n) is 4.71. The summed E-state index contributed by atoms with van der Waals surface area (Å²) in [6, 6.07) is 16.8. The number of carbonyl (C=O) groups is 2. The molecular weight excluding hydrogens is 386 g/mol. The first-order valence-corrected chi connectivity index (χ1v) is 10.7. The molecule has 1 aliphatic heterocycles. The Balaban J connectivity index is 1.57. The number of nitrogens with zero attached hydrogens (tertiary/aromatic N) is 2. The number of nitrogens with one attached hydrogen (secondary N) is 1. The maximum atomic E-state index is 12.9. The van der Waals surface area contributed by atoms with Gasteiger partial charge in [-0.25, -0.2) is 0 Å². The molecule has 2 aromatic carbocycles. The average molecular weight is 414 g/mol. The SMILES string of the molecule is CC(=O)NC(CSc1ccc(Oc2ccccc2)cc1)C(=O)N1CCN(C)CC1. The Morgan fingerprint density at radius 3 is 2.24 bits per heavy atom. The summed E-state index contributed by atoms with van der Waals surface area (Å²) in [5.41, 5.74) is 0. The molecule has 6 nitrogen and oxygen atoms in total. The second kappa shape index (κ2) is 10.3. The van der Waals surface area contributed by atoms with Crippen LogP contribution in [-0.4, -0.2) is 66.6 Å². The largest absolute Gasteiger partial charge is 0.457 e. The lowest BCUT2D eigenvalue weighted by atomic mass is 10.2. The molecule has 1 atom stereocenters. The molecule has 0 radical (unpaired) electrons. The maximum absolute atomic E-state index is 12.9. The smallest absolute Gasteiger partial charge is 0.246 e. The van der Waals surface area contributed by atoms with E-state index in [1.807, 2.05) is 66.5 Å². The van der Waals surface area contributed by atoms with E-state index < -0.39 is 6.04 Å². The van der Waals surface area contributed by atoms with Crippen molar-refractivity contribution in [1.29, 1.82) is 0 Å². The van der Waals surface area contributed by atoms with E-state index >= 15 is 0 Å². The number of para-hydroxylation sites is 1. The Hall–Kier alpha value is -2.51. The molecule has 0 aliphatic carbocycles. The number of hydrogen-bond donors (Lipinski definition) is 1. The zero-order valence-corrected chi connectivity index (χ0v) is 17.7. The first kappa shape index (κ1) is 21.2. The lowest BCUT2D eigenvalue weighted by molar-refractivity contribution is -0.136. The number of hydrogen-bond acceptors (Lipinski definition) is 5. The van der Waals surface area contributed by atoms with Crippen molar-refractivity contribution in [3.8, 4) is 11.5 Å². The fourth-order valence-electron chi connectivity index (χ4n) is 3.08. The van der Waals surface area contributed by atoms with E-state index in [2.05, 4.69) is 10.2 Å². The van der Waals surface area contributed by atoms with Crippen molar-refractivity contribution in [2.45, 2.75) is 17.9 Å². The second-order valence-corrected chi connectivity index (χ2v) is 8.17. The van der Waals surface area contributed by atoms with Crippen LogP contribution in [0.25, 0.3) is 0 Å². The summed E-state index contributed by atoms with van der Waals surface area (Å²) in [6.07, 6.45) is 0. The van der Waals surface area contributed by atoms with E-state index in [0.29, 0.717) is 18.8 Å². The van der Waals surface area contributed by atoms with Gasteiger partial charge in [0.15, 0.2) is 0 Å². The van der Waals surface area contributed by atoms with Gasteiger partial charge in [0, 0.05) is 43.8 Å². The van der Waals surface area contributed by atoms with Crippen molar-refractivity contribution in [2.75, 3.05) is 39.0 Å². The molecule has 1 N–H and O–H groups in total. The van der Waals surface area contributed by atoms with E-state index in [1.165, 1.54) is 6.92 Å². The number of benzene rings is 2.